The monoisotopic (exact) mass is 430 g/mol. The number of aliphatic imine (C=N–C) groups is 1. The maximum Gasteiger partial charge on any atom is 0.191 e. The van der Waals surface area contributed by atoms with Crippen molar-refractivity contribution in [3.8, 4) is 0 Å². The first kappa shape index (κ1) is 23.1. The molecule has 1 saturated heterocycles. The Hall–Kier alpha value is -2.61. The fraction of sp³-hybridized carbons (Fsp3) is 0.565. The zero-order chi connectivity index (χ0) is 22.2. The number of benzene rings is 1. The number of anilines is 1. The summed E-state index contributed by atoms with van der Waals surface area (Å²) in [7, 11) is 0. The number of nitrogens with zero attached hydrogens (tertiary/aromatic N) is 4. The SMILES string of the molecule is CCNC(=NCc1ccc(N2CCC(O)CC2)c(F)c1)NCCCn1nc(C)cc1C. The van der Waals surface area contributed by atoms with Crippen LogP contribution in [-0.2, 0) is 13.1 Å². The first-order valence-corrected chi connectivity index (χ1v) is 11.2. The number of aryl methyl sites for hydroxylation is 3. The lowest BCUT2D eigenvalue weighted by atomic mass is 10.1. The van der Waals surface area contributed by atoms with Crippen molar-refractivity contribution in [1.29, 1.82) is 0 Å². The van der Waals surface area contributed by atoms with E-state index < -0.39 is 0 Å². The van der Waals surface area contributed by atoms with Crippen LogP contribution in [0.2, 0.25) is 0 Å². The molecular formula is C23H35FN6O. The average molecular weight is 431 g/mol. The number of hydrogen-bond acceptors (Lipinski definition) is 4. The maximum absolute atomic E-state index is 14.7. The zero-order valence-corrected chi connectivity index (χ0v) is 18.9. The van der Waals surface area contributed by atoms with Crippen molar-refractivity contribution in [2.75, 3.05) is 31.1 Å². The third-order valence-electron chi connectivity index (χ3n) is 5.52. The topological polar surface area (TPSA) is 77.7 Å². The Kier molecular flexibility index (Phi) is 8.28. The van der Waals surface area contributed by atoms with Crippen LogP contribution in [0.4, 0.5) is 10.1 Å². The summed E-state index contributed by atoms with van der Waals surface area (Å²) in [6.07, 6.45) is 2.03. The Balaban J connectivity index is 1.52. The van der Waals surface area contributed by atoms with Crippen LogP contribution < -0.4 is 15.5 Å². The molecule has 1 aliphatic heterocycles. The van der Waals surface area contributed by atoms with Gasteiger partial charge in [-0.3, -0.25) is 4.68 Å². The van der Waals surface area contributed by atoms with Gasteiger partial charge in [-0.05, 0) is 63.8 Å². The number of halogens is 1. The van der Waals surface area contributed by atoms with Gasteiger partial charge in [0.25, 0.3) is 0 Å². The summed E-state index contributed by atoms with van der Waals surface area (Å²) < 4.78 is 16.7. The molecule has 1 fully saturated rings. The molecule has 0 bridgehead atoms. The summed E-state index contributed by atoms with van der Waals surface area (Å²) in [5, 5.41) is 20.7. The number of aliphatic hydroxyl groups is 1. The van der Waals surface area contributed by atoms with Crippen molar-refractivity contribution >= 4 is 11.6 Å². The molecule has 0 spiro atoms. The fourth-order valence-electron chi connectivity index (χ4n) is 3.86. The Morgan fingerprint density at radius 3 is 2.65 bits per heavy atom. The van der Waals surface area contributed by atoms with E-state index in [-0.39, 0.29) is 11.9 Å². The Morgan fingerprint density at radius 1 is 1.23 bits per heavy atom. The Bertz CT molecular complexity index is 873. The largest absolute Gasteiger partial charge is 0.393 e. The first-order chi connectivity index (χ1) is 15.0. The summed E-state index contributed by atoms with van der Waals surface area (Å²) in [6.45, 7) is 10.3. The smallest absolute Gasteiger partial charge is 0.191 e. The van der Waals surface area contributed by atoms with Crippen molar-refractivity contribution in [3.63, 3.8) is 0 Å². The predicted molar refractivity (Wildman–Crippen MR) is 123 cm³/mol. The molecule has 0 aliphatic carbocycles. The number of piperidine rings is 1. The van der Waals surface area contributed by atoms with Gasteiger partial charge in [0.15, 0.2) is 5.96 Å². The molecule has 3 N–H and O–H groups in total. The summed E-state index contributed by atoms with van der Waals surface area (Å²) in [5.41, 5.74) is 3.65. The van der Waals surface area contributed by atoms with E-state index in [0.29, 0.717) is 38.2 Å². The van der Waals surface area contributed by atoms with E-state index >= 15 is 0 Å². The van der Waals surface area contributed by atoms with Crippen molar-refractivity contribution in [2.45, 2.75) is 59.2 Å². The average Bonchev–Trinajstić information content (AvgIpc) is 3.07. The molecule has 1 aliphatic rings. The van der Waals surface area contributed by atoms with Crippen LogP contribution in [0.1, 0.15) is 43.1 Å². The second-order valence-corrected chi connectivity index (χ2v) is 8.13. The number of aliphatic hydroxyl groups excluding tert-OH is 1. The van der Waals surface area contributed by atoms with Crippen molar-refractivity contribution in [1.82, 2.24) is 20.4 Å². The van der Waals surface area contributed by atoms with Gasteiger partial charge in [-0.15, -0.1) is 0 Å². The minimum absolute atomic E-state index is 0.230. The van der Waals surface area contributed by atoms with Crippen LogP contribution in [0.25, 0.3) is 0 Å². The third-order valence-corrected chi connectivity index (χ3v) is 5.52. The van der Waals surface area contributed by atoms with Crippen LogP contribution in [0.5, 0.6) is 0 Å². The summed E-state index contributed by atoms with van der Waals surface area (Å²) in [6, 6.07) is 7.40. The lowest BCUT2D eigenvalue weighted by Crippen LogP contribution is -2.38. The summed E-state index contributed by atoms with van der Waals surface area (Å²) in [4.78, 5) is 6.61. The van der Waals surface area contributed by atoms with Crippen LogP contribution in [0.15, 0.2) is 29.3 Å². The molecule has 1 aromatic heterocycles. The first-order valence-electron chi connectivity index (χ1n) is 11.2. The molecule has 0 unspecified atom stereocenters. The molecule has 8 heteroatoms. The molecule has 2 heterocycles. The predicted octanol–water partition coefficient (Wildman–Crippen LogP) is 2.75. The molecule has 2 aromatic rings. The summed E-state index contributed by atoms with van der Waals surface area (Å²) >= 11 is 0. The zero-order valence-electron chi connectivity index (χ0n) is 18.9. The third kappa shape index (κ3) is 6.69. The second-order valence-electron chi connectivity index (χ2n) is 8.13. The van der Waals surface area contributed by atoms with E-state index in [1.54, 1.807) is 6.07 Å². The number of nitrogens with one attached hydrogen (secondary N) is 2. The standard InChI is InChI=1S/C23H35FN6O/c1-4-25-23(26-10-5-11-30-18(3)14-17(2)28-30)27-16-19-6-7-22(21(24)15-19)29-12-8-20(31)9-13-29/h6-7,14-15,20,31H,4-5,8-13,16H2,1-3H3,(H2,25,26,27). The molecule has 0 amide bonds. The Labute approximate surface area is 184 Å². The van der Waals surface area contributed by atoms with Gasteiger partial charge < -0.3 is 20.6 Å². The van der Waals surface area contributed by atoms with Crippen molar-refractivity contribution < 1.29 is 9.50 Å². The van der Waals surface area contributed by atoms with Crippen molar-refractivity contribution in [2.24, 2.45) is 4.99 Å². The van der Waals surface area contributed by atoms with Gasteiger partial charge in [-0.2, -0.15) is 5.10 Å². The van der Waals surface area contributed by atoms with Gasteiger partial charge >= 0.3 is 0 Å². The van der Waals surface area contributed by atoms with Crippen LogP contribution in [0, 0.1) is 19.7 Å². The van der Waals surface area contributed by atoms with E-state index in [4.69, 9.17) is 0 Å². The van der Waals surface area contributed by atoms with Crippen LogP contribution >= 0.6 is 0 Å². The molecule has 0 radical (unpaired) electrons. The fourth-order valence-corrected chi connectivity index (χ4v) is 3.86. The molecule has 3 rings (SSSR count). The highest BCUT2D eigenvalue weighted by molar-refractivity contribution is 5.79. The molecule has 7 nitrogen and oxygen atoms in total. The minimum Gasteiger partial charge on any atom is -0.393 e. The molecular weight excluding hydrogens is 395 g/mol. The van der Waals surface area contributed by atoms with E-state index in [9.17, 15) is 9.50 Å². The van der Waals surface area contributed by atoms with E-state index in [0.717, 1.165) is 43.3 Å². The number of hydrogen-bond donors (Lipinski definition) is 3. The van der Waals surface area contributed by atoms with Gasteiger partial charge in [-0.25, -0.2) is 9.38 Å². The van der Waals surface area contributed by atoms with Crippen LogP contribution in [0.3, 0.4) is 0 Å². The normalized spacial score (nSPS) is 15.4. The van der Waals surface area contributed by atoms with Gasteiger partial charge in [0.05, 0.1) is 24.0 Å². The van der Waals surface area contributed by atoms with E-state index in [1.165, 1.54) is 5.69 Å². The maximum atomic E-state index is 14.7. The molecule has 1 aromatic carbocycles. The van der Waals surface area contributed by atoms with Gasteiger partial charge in [0.2, 0.25) is 0 Å². The summed E-state index contributed by atoms with van der Waals surface area (Å²) in [5.74, 6) is 0.498. The highest BCUT2D eigenvalue weighted by atomic mass is 19.1. The van der Waals surface area contributed by atoms with Gasteiger partial charge in [0.1, 0.15) is 5.82 Å². The van der Waals surface area contributed by atoms with E-state index in [1.807, 2.05) is 35.6 Å². The highest BCUT2D eigenvalue weighted by Gasteiger charge is 2.19. The molecule has 31 heavy (non-hydrogen) atoms. The number of aromatic nitrogens is 2. The quantitative estimate of drug-likeness (QED) is 0.341. The van der Waals surface area contributed by atoms with Crippen molar-refractivity contribution in [3.05, 3.63) is 47.0 Å². The van der Waals surface area contributed by atoms with Crippen LogP contribution in [-0.4, -0.2) is 53.1 Å². The molecule has 0 atom stereocenters. The molecule has 170 valence electrons. The van der Waals surface area contributed by atoms with Gasteiger partial charge in [0, 0.05) is 38.4 Å². The second kappa shape index (κ2) is 11.1. The van der Waals surface area contributed by atoms with E-state index in [2.05, 4.69) is 33.7 Å². The highest BCUT2D eigenvalue weighted by Crippen LogP contribution is 2.24. The van der Waals surface area contributed by atoms with Gasteiger partial charge in [-0.1, -0.05) is 6.07 Å². The Morgan fingerprint density at radius 2 is 2.00 bits per heavy atom. The lowest BCUT2D eigenvalue weighted by Gasteiger charge is -2.31. The number of rotatable bonds is 8. The number of guanidine groups is 1. The minimum atomic E-state index is -0.266. The lowest BCUT2D eigenvalue weighted by molar-refractivity contribution is 0.145. The molecule has 0 saturated carbocycles.